The number of likely N-dealkylation sites (tertiary alicyclic amines) is 1. The van der Waals surface area contributed by atoms with Gasteiger partial charge in [0.05, 0.1) is 0 Å². The Balaban J connectivity index is 1.31. The number of pyridine rings is 1. The van der Waals surface area contributed by atoms with Crippen molar-refractivity contribution in [2.45, 2.75) is 18.9 Å². The first kappa shape index (κ1) is 23.0. The lowest BCUT2D eigenvalue weighted by Crippen LogP contribution is -2.50. The van der Waals surface area contributed by atoms with Gasteiger partial charge in [0.15, 0.2) is 11.5 Å². The fraction of sp³-hybridized carbons (Fsp3) is 0.250. The van der Waals surface area contributed by atoms with Gasteiger partial charge in [0.25, 0.3) is 17.4 Å². The number of benzene rings is 2. The van der Waals surface area contributed by atoms with Crippen molar-refractivity contribution in [3.63, 3.8) is 0 Å². The first-order chi connectivity index (χ1) is 17.9. The van der Waals surface area contributed by atoms with E-state index >= 15 is 0 Å². The monoisotopic (exact) mass is 501 g/mol. The summed E-state index contributed by atoms with van der Waals surface area (Å²) in [5.74, 6) is 0.0323. The molecule has 9 heteroatoms. The van der Waals surface area contributed by atoms with Gasteiger partial charge in [-0.25, -0.2) is 4.39 Å². The molecule has 2 unspecified atom stereocenters. The van der Waals surface area contributed by atoms with Crippen molar-refractivity contribution in [1.29, 1.82) is 0 Å². The number of rotatable bonds is 4. The third-order valence-electron chi connectivity index (χ3n) is 7.06. The number of ether oxygens (including phenoxy) is 2. The van der Waals surface area contributed by atoms with E-state index in [0.29, 0.717) is 36.7 Å². The number of fused-ring (bicyclic) bond motifs is 5. The summed E-state index contributed by atoms with van der Waals surface area (Å²) in [4.78, 5) is 40.9. The molecule has 37 heavy (non-hydrogen) atoms. The zero-order chi connectivity index (χ0) is 25.5. The van der Waals surface area contributed by atoms with Gasteiger partial charge < -0.3 is 24.3 Å². The van der Waals surface area contributed by atoms with Crippen LogP contribution in [0.4, 0.5) is 4.39 Å². The van der Waals surface area contributed by atoms with E-state index in [1.165, 1.54) is 24.3 Å². The van der Waals surface area contributed by atoms with E-state index in [1.807, 2.05) is 6.07 Å². The van der Waals surface area contributed by atoms with Gasteiger partial charge in [-0.15, -0.1) is 0 Å². The summed E-state index contributed by atoms with van der Waals surface area (Å²) >= 11 is 0. The molecule has 0 aliphatic carbocycles. The van der Waals surface area contributed by atoms with E-state index in [0.717, 1.165) is 12.1 Å². The molecule has 3 aliphatic heterocycles. The minimum absolute atomic E-state index is 0.0260. The summed E-state index contributed by atoms with van der Waals surface area (Å²) in [6, 6.07) is 15.7. The average Bonchev–Trinajstić information content (AvgIpc) is 3.37. The topological polar surface area (TPSA) is 89.9 Å². The first-order valence-electron chi connectivity index (χ1n) is 12.1. The van der Waals surface area contributed by atoms with Gasteiger partial charge >= 0.3 is 0 Å². The third-order valence-corrected chi connectivity index (χ3v) is 7.06. The number of nitrogens with one attached hydrogen (secondary N) is 1. The molecule has 1 aromatic heterocycles. The Morgan fingerprint density at radius 3 is 2.62 bits per heavy atom. The predicted molar refractivity (Wildman–Crippen MR) is 133 cm³/mol. The number of nitrogens with zero attached hydrogens (tertiary/aromatic N) is 2. The molecule has 188 valence electrons. The summed E-state index contributed by atoms with van der Waals surface area (Å²) in [7, 11) is 0. The zero-order valence-electron chi connectivity index (χ0n) is 19.9. The second-order valence-electron chi connectivity index (χ2n) is 9.54. The van der Waals surface area contributed by atoms with Crippen LogP contribution < -0.4 is 20.3 Å². The lowest BCUT2D eigenvalue weighted by molar-refractivity contribution is -0.130. The van der Waals surface area contributed by atoms with E-state index < -0.39 is 11.7 Å². The summed E-state index contributed by atoms with van der Waals surface area (Å²) in [6.07, 6.45) is 2.50. The van der Waals surface area contributed by atoms with E-state index in [-0.39, 0.29) is 41.4 Å². The van der Waals surface area contributed by atoms with Gasteiger partial charge in [0, 0.05) is 42.9 Å². The maximum absolute atomic E-state index is 13.8. The molecule has 8 nitrogen and oxygen atoms in total. The highest BCUT2D eigenvalue weighted by Crippen LogP contribution is 2.36. The maximum atomic E-state index is 13.8. The Labute approximate surface area is 211 Å². The number of aromatic nitrogens is 1. The van der Waals surface area contributed by atoms with Crippen LogP contribution in [0.1, 0.15) is 34.0 Å². The highest BCUT2D eigenvalue weighted by Gasteiger charge is 2.37. The Bertz CT molecular complexity index is 1480. The lowest BCUT2D eigenvalue weighted by atomic mass is 9.83. The highest BCUT2D eigenvalue weighted by atomic mass is 19.1. The largest absolute Gasteiger partial charge is 0.454 e. The quantitative estimate of drug-likeness (QED) is 0.555. The smallest absolute Gasteiger partial charge is 0.270 e. The normalized spacial score (nSPS) is 19.8. The molecule has 2 amide bonds. The fourth-order valence-electron chi connectivity index (χ4n) is 5.35. The fourth-order valence-corrected chi connectivity index (χ4v) is 5.35. The van der Waals surface area contributed by atoms with E-state index in [1.54, 1.807) is 45.9 Å². The van der Waals surface area contributed by atoms with Crippen LogP contribution >= 0.6 is 0 Å². The van der Waals surface area contributed by atoms with Crippen LogP contribution in [-0.4, -0.2) is 41.2 Å². The van der Waals surface area contributed by atoms with Gasteiger partial charge in [-0.2, -0.15) is 0 Å². The molecule has 1 N–H and O–H groups in total. The van der Waals surface area contributed by atoms with Gasteiger partial charge in [0.1, 0.15) is 11.5 Å². The molecular weight excluding hydrogens is 477 g/mol. The molecule has 2 bridgehead atoms. The van der Waals surface area contributed by atoms with E-state index in [9.17, 15) is 18.8 Å². The molecule has 2 atom stereocenters. The molecule has 0 saturated carbocycles. The number of hydrogen-bond donors (Lipinski definition) is 1. The van der Waals surface area contributed by atoms with Crippen molar-refractivity contribution in [3.05, 3.63) is 99.4 Å². The van der Waals surface area contributed by atoms with Gasteiger partial charge in [-0.05, 0) is 66.4 Å². The van der Waals surface area contributed by atoms with Crippen molar-refractivity contribution in [1.82, 2.24) is 14.8 Å². The molecule has 4 heterocycles. The lowest BCUT2D eigenvalue weighted by Gasteiger charge is -2.43. The summed E-state index contributed by atoms with van der Waals surface area (Å²) in [5, 5.41) is 2.74. The number of carbonyl (C=O) groups excluding carboxylic acids is 2. The van der Waals surface area contributed by atoms with Gasteiger partial charge in [-0.1, -0.05) is 12.1 Å². The van der Waals surface area contributed by atoms with E-state index in [2.05, 4.69) is 5.32 Å². The minimum atomic E-state index is -0.519. The molecule has 0 radical (unpaired) electrons. The van der Waals surface area contributed by atoms with Crippen molar-refractivity contribution in [2.24, 2.45) is 5.92 Å². The zero-order valence-corrected chi connectivity index (χ0v) is 19.9. The van der Waals surface area contributed by atoms with Crippen LogP contribution in [0.5, 0.6) is 11.5 Å². The number of carbonyl (C=O) groups is 2. The summed E-state index contributed by atoms with van der Waals surface area (Å²) < 4.78 is 26.0. The number of halogens is 1. The Morgan fingerprint density at radius 2 is 1.78 bits per heavy atom. The summed E-state index contributed by atoms with van der Waals surface area (Å²) in [5.41, 5.74) is 1.88. The molecule has 1 saturated heterocycles. The molecule has 0 spiro atoms. The second kappa shape index (κ2) is 9.24. The SMILES string of the molecule is O=C(N/C(=C\c1ccc2c(c1)OCO2)C(=O)N1CC2CC(C1)c1cccc(=O)n1C2)c1ccc(F)cc1. The van der Waals surface area contributed by atoms with Crippen LogP contribution in [0.3, 0.4) is 0 Å². The van der Waals surface area contributed by atoms with Crippen molar-refractivity contribution in [2.75, 3.05) is 19.9 Å². The Kier molecular flexibility index (Phi) is 5.75. The maximum Gasteiger partial charge on any atom is 0.270 e. The number of amides is 2. The van der Waals surface area contributed by atoms with Gasteiger partial charge in [-0.3, -0.25) is 14.4 Å². The highest BCUT2D eigenvalue weighted by molar-refractivity contribution is 6.05. The Morgan fingerprint density at radius 1 is 0.973 bits per heavy atom. The van der Waals surface area contributed by atoms with Crippen molar-refractivity contribution < 1.29 is 23.5 Å². The van der Waals surface area contributed by atoms with E-state index in [4.69, 9.17) is 9.47 Å². The standard InChI is InChI=1S/C28H24FN3O5/c29-21-7-5-19(6-8-21)27(34)30-22(11-17-4-9-24-25(12-17)37-16-36-24)28(35)31-13-18-10-20(15-31)23-2-1-3-26(33)32(23)14-18/h1-9,11-12,18,20H,10,13-16H2,(H,30,34)/b22-11-. The molecule has 2 aromatic carbocycles. The minimum Gasteiger partial charge on any atom is -0.454 e. The van der Waals surface area contributed by atoms with Crippen LogP contribution in [-0.2, 0) is 11.3 Å². The van der Waals surface area contributed by atoms with Crippen LogP contribution in [0.2, 0.25) is 0 Å². The van der Waals surface area contributed by atoms with Crippen LogP contribution in [0.25, 0.3) is 6.08 Å². The molecule has 6 rings (SSSR count). The molecule has 3 aromatic rings. The Hall–Kier alpha value is -4.40. The first-order valence-corrected chi connectivity index (χ1v) is 12.1. The second-order valence-corrected chi connectivity index (χ2v) is 9.54. The van der Waals surface area contributed by atoms with Crippen LogP contribution in [0, 0.1) is 11.7 Å². The average molecular weight is 502 g/mol. The molecule has 3 aliphatic rings. The number of piperidine rings is 1. The van der Waals surface area contributed by atoms with Crippen molar-refractivity contribution >= 4 is 17.9 Å². The molecular formula is C28H24FN3O5. The molecule has 1 fully saturated rings. The third kappa shape index (κ3) is 4.48. The van der Waals surface area contributed by atoms with Crippen molar-refractivity contribution in [3.8, 4) is 11.5 Å². The number of hydrogen-bond acceptors (Lipinski definition) is 5. The summed E-state index contributed by atoms with van der Waals surface area (Å²) in [6.45, 7) is 1.58. The predicted octanol–water partition coefficient (Wildman–Crippen LogP) is 3.13. The van der Waals surface area contributed by atoms with Crippen LogP contribution in [0.15, 0.2) is 71.2 Å². The van der Waals surface area contributed by atoms with Gasteiger partial charge in [0.2, 0.25) is 6.79 Å².